The second-order valence-electron chi connectivity index (χ2n) is 2.86. The minimum atomic E-state index is -1.25. The molecule has 0 aliphatic rings. The molecule has 0 saturated heterocycles. The van der Waals surface area contributed by atoms with Gasteiger partial charge >= 0.3 is 5.97 Å². The lowest BCUT2D eigenvalue weighted by atomic mass is 10.2. The highest BCUT2D eigenvalue weighted by Gasteiger charge is 2.15. The van der Waals surface area contributed by atoms with E-state index in [0.29, 0.717) is 10.9 Å². The van der Waals surface area contributed by atoms with Crippen molar-refractivity contribution in [3.63, 3.8) is 0 Å². The van der Waals surface area contributed by atoms with Gasteiger partial charge in [-0.05, 0) is 6.07 Å². The molecule has 76 valence electrons. The first-order valence-corrected chi connectivity index (χ1v) is 4.13. The molecule has 0 radical (unpaired) electrons. The maximum absolute atomic E-state index is 10.8. The number of carboxylic acid groups (broad SMARTS) is 1. The topological polar surface area (TPSA) is 95.3 Å². The lowest BCUT2D eigenvalue weighted by Crippen LogP contribution is -2.08. The predicted molar refractivity (Wildman–Crippen MR) is 51.9 cm³/mol. The van der Waals surface area contributed by atoms with Gasteiger partial charge in [-0.25, -0.2) is 4.79 Å². The molecule has 6 nitrogen and oxygen atoms in total. The highest BCUT2D eigenvalue weighted by molar-refractivity contribution is 6.01. The first-order chi connectivity index (χ1) is 7.24. The molecule has 0 spiro atoms. The second kappa shape index (κ2) is 3.50. The van der Waals surface area contributed by atoms with Crippen molar-refractivity contribution in [2.45, 2.75) is 0 Å². The zero-order valence-electron chi connectivity index (χ0n) is 7.51. The van der Waals surface area contributed by atoms with Crippen molar-refractivity contribution in [2.75, 3.05) is 5.48 Å². The van der Waals surface area contributed by atoms with Crippen molar-refractivity contribution < 1.29 is 15.1 Å². The molecule has 1 heterocycles. The molecular formula is C9H7N3O3. The minimum absolute atomic E-state index is 0.0492. The molecule has 0 aliphatic heterocycles. The van der Waals surface area contributed by atoms with Crippen LogP contribution in [-0.4, -0.2) is 26.5 Å². The van der Waals surface area contributed by atoms with Crippen LogP contribution >= 0.6 is 0 Å². The van der Waals surface area contributed by atoms with Crippen molar-refractivity contribution in [3.8, 4) is 0 Å². The summed E-state index contributed by atoms with van der Waals surface area (Å²) in [7, 11) is 0. The van der Waals surface area contributed by atoms with E-state index in [2.05, 4.69) is 10.2 Å². The monoisotopic (exact) mass is 205 g/mol. The average molecular weight is 205 g/mol. The third-order valence-corrected chi connectivity index (χ3v) is 1.98. The van der Waals surface area contributed by atoms with Crippen LogP contribution in [0.2, 0.25) is 0 Å². The van der Waals surface area contributed by atoms with Gasteiger partial charge in [0.1, 0.15) is 5.69 Å². The Bertz CT molecular complexity index is 527. The molecule has 1 aromatic heterocycles. The summed E-state index contributed by atoms with van der Waals surface area (Å²) in [6, 6.07) is 6.79. The number of carboxylic acids is 1. The average Bonchev–Trinajstić information content (AvgIpc) is 2.27. The van der Waals surface area contributed by atoms with Gasteiger partial charge in [0.2, 0.25) is 0 Å². The largest absolute Gasteiger partial charge is 0.476 e. The van der Waals surface area contributed by atoms with Gasteiger partial charge in [-0.2, -0.15) is 0 Å². The number of anilines is 1. The van der Waals surface area contributed by atoms with Crippen LogP contribution in [0, 0.1) is 0 Å². The lowest BCUT2D eigenvalue weighted by Gasteiger charge is -2.05. The molecule has 0 atom stereocenters. The maximum atomic E-state index is 10.8. The fourth-order valence-corrected chi connectivity index (χ4v) is 1.32. The van der Waals surface area contributed by atoms with Gasteiger partial charge in [-0.1, -0.05) is 18.2 Å². The quantitative estimate of drug-likeness (QED) is 0.636. The van der Waals surface area contributed by atoms with Crippen molar-refractivity contribution in [1.82, 2.24) is 10.2 Å². The van der Waals surface area contributed by atoms with E-state index < -0.39 is 5.97 Å². The normalized spacial score (nSPS) is 10.2. The van der Waals surface area contributed by atoms with Crippen molar-refractivity contribution in [1.29, 1.82) is 0 Å². The summed E-state index contributed by atoms with van der Waals surface area (Å²) in [6.07, 6.45) is 0. The first kappa shape index (κ1) is 9.35. The van der Waals surface area contributed by atoms with Crippen LogP contribution in [0.25, 0.3) is 10.9 Å². The highest BCUT2D eigenvalue weighted by Crippen LogP contribution is 2.23. The number of hydrogen-bond acceptors (Lipinski definition) is 5. The summed E-state index contributed by atoms with van der Waals surface area (Å²) < 4.78 is 0. The van der Waals surface area contributed by atoms with Crippen LogP contribution in [0.15, 0.2) is 24.3 Å². The molecule has 3 N–H and O–H groups in total. The van der Waals surface area contributed by atoms with Gasteiger partial charge in [0.25, 0.3) is 0 Å². The zero-order valence-corrected chi connectivity index (χ0v) is 7.51. The molecule has 0 saturated carbocycles. The zero-order chi connectivity index (χ0) is 10.8. The molecule has 2 aromatic rings. The molecule has 0 bridgehead atoms. The summed E-state index contributed by atoms with van der Waals surface area (Å²) in [6.45, 7) is 0. The highest BCUT2D eigenvalue weighted by atomic mass is 16.5. The molecular weight excluding hydrogens is 198 g/mol. The molecule has 1 aromatic carbocycles. The standard InChI is InChI=1S/C9H7N3O3/c13-9(14)8-7(12-15)5-3-1-2-4-6(5)10-11-8/h1-4,15H,(H,10,12)(H,13,14). The van der Waals surface area contributed by atoms with Gasteiger partial charge in [0, 0.05) is 5.39 Å². The Hall–Kier alpha value is -2.21. The number of nitrogens with one attached hydrogen (secondary N) is 1. The van der Waals surface area contributed by atoms with Crippen LogP contribution in [0.5, 0.6) is 0 Å². The minimum Gasteiger partial charge on any atom is -0.476 e. The lowest BCUT2D eigenvalue weighted by molar-refractivity contribution is 0.0690. The van der Waals surface area contributed by atoms with Crippen molar-refractivity contribution in [2.24, 2.45) is 0 Å². The van der Waals surface area contributed by atoms with Crippen LogP contribution in [0.3, 0.4) is 0 Å². The molecule has 6 heteroatoms. The van der Waals surface area contributed by atoms with Gasteiger partial charge in [0.15, 0.2) is 5.69 Å². The Balaban J connectivity index is 2.81. The molecule has 15 heavy (non-hydrogen) atoms. The Labute approximate surface area is 84.1 Å². The number of rotatable bonds is 2. The summed E-state index contributed by atoms with van der Waals surface area (Å²) in [5.74, 6) is -1.25. The van der Waals surface area contributed by atoms with E-state index >= 15 is 0 Å². The van der Waals surface area contributed by atoms with E-state index in [1.165, 1.54) is 0 Å². The Morgan fingerprint density at radius 1 is 1.27 bits per heavy atom. The van der Waals surface area contributed by atoms with Crippen LogP contribution in [-0.2, 0) is 0 Å². The second-order valence-corrected chi connectivity index (χ2v) is 2.86. The third kappa shape index (κ3) is 1.46. The summed E-state index contributed by atoms with van der Waals surface area (Å²) >= 11 is 0. The summed E-state index contributed by atoms with van der Waals surface area (Å²) in [5, 5.41) is 25.4. The van der Waals surface area contributed by atoms with Crippen LogP contribution in [0.4, 0.5) is 5.69 Å². The van der Waals surface area contributed by atoms with E-state index in [1.807, 2.05) is 5.48 Å². The molecule has 2 rings (SSSR count). The van der Waals surface area contributed by atoms with Crippen molar-refractivity contribution >= 4 is 22.6 Å². The van der Waals surface area contributed by atoms with Gasteiger partial charge in [-0.3, -0.25) is 10.7 Å². The van der Waals surface area contributed by atoms with Gasteiger partial charge in [0.05, 0.1) is 5.52 Å². The van der Waals surface area contributed by atoms with E-state index in [0.717, 1.165) is 0 Å². The molecule has 0 fully saturated rings. The Morgan fingerprint density at radius 2 is 2.00 bits per heavy atom. The fourth-order valence-electron chi connectivity index (χ4n) is 1.32. The molecule has 0 amide bonds. The number of aromatic nitrogens is 2. The number of aromatic carboxylic acids is 1. The number of hydrogen-bond donors (Lipinski definition) is 3. The third-order valence-electron chi connectivity index (χ3n) is 1.98. The van der Waals surface area contributed by atoms with Crippen LogP contribution in [0.1, 0.15) is 10.5 Å². The van der Waals surface area contributed by atoms with Crippen molar-refractivity contribution in [3.05, 3.63) is 30.0 Å². The first-order valence-electron chi connectivity index (χ1n) is 4.13. The maximum Gasteiger partial charge on any atom is 0.358 e. The predicted octanol–water partition coefficient (Wildman–Crippen LogP) is 1.13. The SMILES string of the molecule is O=C(O)c1nnc2ccccc2c1NO. The van der Waals surface area contributed by atoms with E-state index in [1.54, 1.807) is 24.3 Å². The van der Waals surface area contributed by atoms with E-state index in [-0.39, 0.29) is 11.4 Å². The number of benzene rings is 1. The Kier molecular flexibility index (Phi) is 2.18. The van der Waals surface area contributed by atoms with Gasteiger partial charge in [-0.15, -0.1) is 10.2 Å². The van der Waals surface area contributed by atoms with E-state index in [9.17, 15) is 4.79 Å². The van der Waals surface area contributed by atoms with E-state index in [4.69, 9.17) is 10.3 Å². The Morgan fingerprint density at radius 3 is 2.67 bits per heavy atom. The number of carbonyl (C=O) groups is 1. The fraction of sp³-hybridized carbons (Fsp3) is 0. The molecule has 0 unspecified atom stereocenters. The summed E-state index contributed by atoms with van der Waals surface area (Å²) in [4.78, 5) is 10.8. The van der Waals surface area contributed by atoms with Gasteiger partial charge < -0.3 is 5.11 Å². The number of nitrogens with zero attached hydrogens (tertiary/aromatic N) is 2. The summed E-state index contributed by atoms with van der Waals surface area (Å²) in [5.41, 5.74) is 2.09. The van der Waals surface area contributed by atoms with Crippen LogP contribution < -0.4 is 5.48 Å². The smallest absolute Gasteiger partial charge is 0.358 e. The number of fused-ring (bicyclic) bond motifs is 1. The molecule has 0 aliphatic carbocycles.